The minimum absolute atomic E-state index is 0.149. The molecule has 1 heterocycles. The molecule has 19 heavy (non-hydrogen) atoms. The molecule has 2 N–H and O–H groups in total. The quantitative estimate of drug-likeness (QED) is 0.849. The number of aliphatic hydroxyl groups is 1. The summed E-state index contributed by atoms with van der Waals surface area (Å²) >= 11 is 1.59. The van der Waals surface area contributed by atoms with Crippen LogP contribution in [0.3, 0.4) is 0 Å². The van der Waals surface area contributed by atoms with E-state index in [2.05, 4.69) is 11.4 Å². The smallest absolute Gasteiger partial charge is 0.137 e. The molecule has 0 spiro atoms. The van der Waals surface area contributed by atoms with E-state index in [-0.39, 0.29) is 6.61 Å². The highest BCUT2D eigenvalue weighted by Gasteiger charge is 2.07. The third-order valence-electron chi connectivity index (χ3n) is 2.50. The van der Waals surface area contributed by atoms with Crippen LogP contribution >= 0.6 is 11.3 Å². The number of nitrogens with zero attached hydrogens (tertiary/aromatic N) is 1. The van der Waals surface area contributed by atoms with Gasteiger partial charge in [0.15, 0.2) is 0 Å². The van der Waals surface area contributed by atoms with E-state index >= 15 is 0 Å². The highest BCUT2D eigenvalue weighted by molar-refractivity contribution is 7.08. The third kappa shape index (κ3) is 3.98. The van der Waals surface area contributed by atoms with E-state index in [4.69, 9.17) is 10.00 Å². The van der Waals surface area contributed by atoms with E-state index in [9.17, 15) is 5.11 Å². The third-order valence-corrected chi connectivity index (χ3v) is 3.18. The maximum atomic E-state index is 9.81. The lowest BCUT2D eigenvalue weighted by molar-refractivity contribution is 0.117. The number of anilines is 1. The lowest BCUT2D eigenvalue weighted by Crippen LogP contribution is -2.26. The van der Waals surface area contributed by atoms with Gasteiger partial charge in [0.25, 0.3) is 0 Å². The van der Waals surface area contributed by atoms with Gasteiger partial charge in [0, 0.05) is 17.6 Å². The maximum Gasteiger partial charge on any atom is 0.137 e. The van der Waals surface area contributed by atoms with Crippen molar-refractivity contribution in [2.45, 2.75) is 6.10 Å². The van der Waals surface area contributed by atoms with Crippen LogP contribution in [0.5, 0.6) is 5.75 Å². The molecule has 1 aromatic heterocycles. The molecule has 0 amide bonds. The Labute approximate surface area is 115 Å². The monoisotopic (exact) mass is 274 g/mol. The molecule has 0 radical (unpaired) electrons. The SMILES string of the molecule is N#Cc1ccccc1OCC(O)CNc1ccsc1. The molecule has 2 rings (SSSR count). The summed E-state index contributed by atoms with van der Waals surface area (Å²) in [7, 11) is 0. The number of ether oxygens (including phenoxy) is 1. The fraction of sp³-hybridized carbons (Fsp3) is 0.214. The highest BCUT2D eigenvalue weighted by atomic mass is 32.1. The van der Waals surface area contributed by atoms with Gasteiger partial charge >= 0.3 is 0 Å². The van der Waals surface area contributed by atoms with Gasteiger partial charge in [-0.3, -0.25) is 0 Å². The Morgan fingerprint density at radius 3 is 2.95 bits per heavy atom. The molecule has 0 bridgehead atoms. The first-order valence-corrected chi connectivity index (χ1v) is 6.80. The zero-order chi connectivity index (χ0) is 13.5. The fourth-order valence-corrected chi connectivity index (χ4v) is 2.14. The topological polar surface area (TPSA) is 65.3 Å². The molecular weight excluding hydrogens is 260 g/mol. The lowest BCUT2D eigenvalue weighted by Gasteiger charge is -2.13. The van der Waals surface area contributed by atoms with Crippen LogP contribution in [-0.4, -0.2) is 24.4 Å². The molecule has 98 valence electrons. The average molecular weight is 274 g/mol. The van der Waals surface area contributed by atoms with Crippen molar-refractivity contribution in [2.75, 3.05) is 18.5 Å². The van der Waals surface area contributed by atoms with E-state index in [0.29, 0.717) is 17.9 Å². The number of nitrogens with one attached hydrogen (secondary N) is 1. The van der Waals surface area contributed by atoms with Crippen LogP contribution in [-0.2, 0) is 0 Å². The summed E-state index contributed by atoms with van der Waals surface area (Å²) in [6, 6.07) is 11.0. The first kappa shape index (κ1) is 13.4. The van der Waals surface area contributed by atoms with Crippen LogP contribution in [0.25, 0.3) is 0 Å². The number of para-hydroxylation sites is 1. The first-order valence-electron chi connectivity index (χ1n) is 5.85. The molecule has 0 aliphatic heterocycles. The number of hydrogen-bond acceptors (Lipinski definition) is 5. The molecule has 1 unspecified atom stereocenters. The van der Waals surface area contributed by atoms with Crippen molar-refractivity contribution in [1.82, 2.24) is 0 Å². The normalized spacial score (nSPS) is 11.6. The second-order valence-electron chi connectivity index (χ2n) is 3.97. The van der Waals surface area contributed by atoms with Crippen LogP contribution in [0.4, 0.5) is 5.69 Å². The van der Waals surface area contributed by atoms with Crippen molar-refractivity contribution in [1.29, 1.82) is 5.26 Å². The molecule has 2 aromatic rings. The molecule has 0 aliphatic rings. The Morgan fingerprint density at radius 2 is 2.21 bits per heavy atom. The first-order chi connectivity index (χ1) is 9.29. The largest absolute Gasteiger partial charge is 0.489 e. The Kier molecular flexibility index (Phi) is 4.78. The van der Waals surface area contributed by atoms with Crippen molar-refractivity contribution < 1.29 is 9.84 Å². The average Bonchev–Trinajstić information content (AvgIpc) is 2.96. The molecular formula is C14H14N2O2S. The second-order valence-corrected chi connectivity index (χ2v) is 4.75. The van der Waals surface area contributed by atoms with Crippen molar-refractivity contribution in [2.24, 2.45) is 0 Å². The molecule has 0 aliphatic carbocycles. The van der Waals surface area contributed by atoms with E-state index < -0.39 is 6.10 Å². The van der Waals surface area contributed by atoms with Crippen molar-refractivity contribution >= 4 is 17.0 Å². The zero-order valence-corrected chi connectivity index (χ0v) is 11.1. The van der Waals surface area contributed by atoms with E-state index in [1.807, 2.05) is 16.8 Å². The number of thiophene rings is 1. The Bertz CT molecular complexity index is 549. The van der Waals surface area contributed by atoms with Crippen molar-refractivity contribution in [3.63, 3.8) is 0 Å². The van der Waals surface area contributed by atoms with Gasteiger partial charge < -0.3 is 15.2 Å². The van der Waals surface area contributed by atoms with Gasteiger partial charge in [-0.05, 0) is 23.6 Å². The van der Waals surface area contributed by atoms with Crippen LogP contribution in [0.2, 0.25) is 0 Å². The summed E-state index contributed by atoms with van der Waals surface area (Å²) in [5, 5.41) is 25.8. The minimum Gasteiger partial charge on any atom is -0.489 e. The molecule has 1 atom stereocenters. The van der Waals surface area contributed by atoms with Crippen LogP contribution in [0.15, 0.2) is 41.1 Å². The predicted molar refractivity (Wildman–Crippen MR) is 75.5 cm³/mol. The number of aliphatic hydroxyl groups excluding tert-OH is 1. The van der Waals surface area contributed by atoms with Gasteiger partial charge in [0.2, 0.25) is 0 Å². The highest BCUT2D eigenvalue weighted by Crippen LogP contribution is 2.17. The molecule has 1 aromatic carbocycles. The second kappa shape index (κ2) is 6.78. The van der Waals surface area contributed by atoms with Crippen LogP contribution in [0.1, 0.15) is 5.56 Å². The molecule has 5 heteroatoms. The van der Waals surface area contributed by atoms with Gasteiger partial charge in [-0.1, -0.05) is 12.1 Å². The summed E-state index contributed by atoms with van der Waals surface area (Å²) in [4.78, 5) is 0. The Balaban J connectivity index is 1.80. The van der Waals surface area contributed by atoms with Crippen molar-refractivity contribution in [3.05, 3.63) is 46.7 Å². The predicted octanol–water partition coefficient (Wildman–Crippen LogP) is 2.47. The molecule has 0 saturated heterocycles. The van der Waals surface area contributed by atoms with E-state index in [0.717, 1.165) is 5.69 Å². The van der Waals surface area contributed by atoms with Gasteiger partial charge in [-0.2, -0.15) is 16.6 Å². The van der Waals surface area contributed by atoms with Gasteiger partial charge in [-0.15, -0.1) is 0 Å². The van der Waals surface area contributed by atoms with Crippen molar-refractivity contribution in [3.8, 4) is 11.8 Å². The van der Waals surface area contributed by atoms with Gasteiger partial charge in [-0.25, -0.2) is 0 Å². The Hall–Kier alpha value is -2.03. The lowest BCUT2D eigenvalue weighted by atomic mass is 10.2. The molecule has 4 nitrogen and oxygen atoms in total. The van der Waals surface area contributed by atoms with Crippen LogP contribution in [0, 0.1) is 11.3 Å². The van der Waals surface area contributed by atoms with Gasteiger partial charge in [0.05, 0.1) is 5.56 Å². The summed E-state index contributed by atoms with van der Waals surface area (Å²) in [5.41, 5.74) is 1.46. The Morgan fingerprint density at radius 1 is 1.37 bits per heavy atom. The van der Waals surface area contributed by atoms with E-state index in [1.165, 1.54) is 0 Å². The van der Waals surface area contributed by atoms with Crippen LogP contribution < -0.4 is 10.1 Å². The summed E-state index contributed by atoms with van der Waals surface area (Å²) in [6.07, 6.45) is -0.633. The zero-order valence-electron chi connectivity index (χ0n) is 10.2. The fourth-order valence-electron chi connectivity index (χ4n) is 1.53. The molecule has 0 saturated carbocycles. The summed E-state index contributed by atoms with van der Waals surface area (Å²) in [5.74, 6) is 0.500. The standard InChI is InChI=1S/C14H14N2O2S/c15-7-11-3-1-2-4-14(11)18-9-13(17)8-16-12-5-6-19-10-12/h1-6,10,13,16-17H,8-9H2. The number of rotatable bonds is 6. The number of benzene rings is 1. The maximum absolute atomic E-state index is 9.81. The minimum atomic E-state index is -0.633. The van der Waals surface area contributed by atoms with Gasteiger partial charge in [0.1, 0.15) is 24.5 Å². The summed E-state index contributed by atoms with van der Waals surface area (Å²) < 4.78 is 5.45. The summed E-state index contributed by atoms with van der Waals surface area (Å²) in [6.45, 7) is 0.557. The molecule has 0 fully saturated rings. The number of hydrogen-bond donors (Lipinski definition) is 2. The van der Waals surface area contributed by atoms with E-state index in [1.54, 1.807) is 35.6 Å². The number of nitriles is 1.